The Morgan fingerprint density at radius 1 is 1.44 bits per heavy atom. The van der Waals surface area contributed by atoms with Crippen LogP contribution in [0.25, 0.3) is 0 Å². The number of aryl methyl sites for hydroxylation is 1. The predicted molar refractivity (Wildman–Crippen MR) is 59.9 cm³/mol. The van der Waals surface area contributed by atoms with Crippen LogP contribution in [0, 0.1) is 0 Å². The summed E-state index contributed by atoms with van der Waals surface area (Å²) in [4.78, 5) is 21.5. The summed E-state index contributed by atoms with van der Waals surface area (Å²) in [5.74, 6) is 1.39. The molecule has 0 atom stereocenters. The van der Waals surface area contributed by atoms with E-state index in [1.807, 2.05) is 13.8 Å². The zero-order valence-electron chi connectivity index (χ0n) is 9.16. The van der Waals surface area contributed by atoms with E-state index < -0.39 is 0 Å². The Hall–Kier alpha value is -1.36. The molecule has 1 aliphatic heterocycles. The molecule has 6 heteroatoms. The molecule has 0 N–H and O–H groups in total. The standard InChI is InChI=1S/C10H12ClN3O2/c1-3-6-12-9(11)8-10(13-6)14(4-2)7(15)5-16-8/h3-5H2,1-2H3. The largest absolute Gasteiger partial charge is 0.477 e. The van der Waals surface area contributed by atoms with Crippen LogP contribution in [-0.4, -0.2) is 29.0 Å². The maximum Gasteiger partial charge on any atom is 0.266 e. The van der Waals surface area contributed by atoms with E-state index in [-0.39, 0.29) is 17.7 Å². The molecule has 0 aliphatic carbocycles. The zero-order valence-corrected chi connectivity index (χ0v) is 9.91. The van der Waals surface area contributed by atoms with Crippen molar-refractivity contribution in [3.8, 4) is 5.75 Å². The van der Waals surface area contributed by atoms with Crippen molar-refractivity contribution in [2.24, 2.45) is 0 Å². The average molecular weight is 242 g/mol. The molecule has 16 heavy (non-hydrogen) atoms. The molecule has 5 nitrogen and oxygen atoms in total. The summed E-state index contributed by atoms with van der Waals surface area (Å²) in [6.07, 6.45) is 0.665. The van der Waals surface area contributed by atoms with Crippen molar-refractivity contribution in [3.05, 3.63) is 11.0 Å². The van der Waals surface area contributed by atoms with Crippen molar-refractivity contribution in [2.45, 2.75) is 20.3 Å². The molecule has 2 rings (SSSR count). The highest BCUT2D eigenvalue weighted by molar-refractivity contribution is 6.31. The monoisotopic (exact) mass is 241 g/mol. The van der Waals surface area contributed by atoms with Crippen molar-refractivity contribution in [3.63, 3.8) is 0 Å². The SMILES string of the molecule is CCc1nc(Cl)c2c(n1)N(CC)C(=O)CO2. The molecular weight excluding hydrogens is 230 g/mol. The molecule has 1 aliphatic rings. The lowest BCUT2D eigenvalue weighted by Crippen LogP contribution is -2.39. The van der Waals surface area contributed by atoms with Gasteiger partial charge in [0, 0.05) is 13.0 Å². The quantitative estimate of drug-likeness (QED) is 0.736. The van der Waals surface area contributed by atoms with Gasteiger partial charge in [0.2, 0.25) is 0 Å². The van der Waals surface area contributed by atoms with Crippen molar-refractivity contribution < 1.29 is 9.53 Å². The fourth-order valence-electron chi connectivity index (χ4n) is 1.58. The van der Waals surface area contributed by atoms with Gasteiger partial charge >= 0.3 is 0 Å². The molecule has 1 aromatic rings. The normalized spacial score (nSPS) is 14.7. The van der Waals surface area contributed by atoms with E-state index in [0.717, 1.165) is 0 Å². The summed E-state index contributed by atoms with van der Waals surface area (Å²) in [6.45, 7) is 4.36. The number of hydrogen-bond donors (Lipinski definition) is 0. The van der Waals surface area contributed by atoms with E-state index in [2.05, 4.69) is 9.97 Å². The van der Waals surface area contributed by atoms with Gasteiger partial charge in [0.05, 0.1) is 0 Å². The van der Waals surface area contributed by atoms with Gasteiger partial charge in [-0.3, -0.25) is 9.69 Å². The minimum Gasteiger partial charge on any atom is -0.477 e. The van der Waals surface area contributed by atoms with E-state index in [1.54, 1.807) is 4.90 Å². The van der Waals surface area contributed by atoms with Gasteiger partial charge in [0.15, 0.2) is 23.3 Å². The van der Waals surface area contributed by atoms with E-state index in [1.165, 1.54) is 0 Å². The minimum absolute atomic E-state index is 0.00457. The molecule has 0 fully saturated rings. The number of rotatable bonds is 2. The highest BCUT2D eigenvalue weighted by Crippen LogP contribution is 2.35. The maximum atomic E-state index is 11.6. The lowest BCUT2D eigenvalue weighted by atomic mass is 10.3. The Morgan fingerprint density at radius 3 is 2.81 bits per heavy atom. The summed E-state index contributed by atoms with van der Waals surface area (Å²) in [5.41, 5.74) is 0. The van der Waals surface area contributed by atoms with Crippen molar-refractivity contribution in [1.29, 1.82) is 0 Å². The van der Waals surface area contributed by atoms with Crippen LogP contribution in [0.1, 0.15) is 19.7 Å². The number of aromatic nitrogens is 2. The fraction of sp³-hybridized carbons (Fsp3) is 0.500. The topological polar surface area (TPSA) is 55.3 Å². The van der Waals surface area contributed by atoms with Crippen LogP contribution in [0.4, 0.5) is 5.82 Å². The molecule has 86 valence electrons. The summed E-state index contributed by atoms with van der Waals surface area (Å²) in [6, 6.07) is 0. The first-order valence-corrected chi connectivity index (χ1v) is 5.54. The number of nitrogens with zero attached hydrogens (tertiary/aromatic N) is 3. The van der Waals surface area contributed by atoms with Crippen LogP contribution in [0.15, 0.2) is 0 Å². The van der Waals surface area contributed by atoms with Gasteiger partial charge in [0.25, 0.3) is 5.91 Å². The van der Waals surface area contributed by atoms with Crippen LogP contribution >= 0.6 is 11.6 Å². The number of anilines is 1. The number of likely N-dealkylation sites (N-methyl/N-ethyl adjacent to an activating group) is 1. The maximum absolute atomic E-state index is 11.6. The van der Waals surface area contributed by atoms with Crippen LogP contribution in [0.3, 0.4) is 0 Å². The molecule has 0 unspecified atom stereocenters. The van der Waals surface area contributed by atoms with E-state index in [0.29, 0.717) is 30.4 Å². The summed E-state index contributed by atoms with van der Waals surface area (Å²) < 4.78 is 5.25. The molecule has 1 amide bonds. The fourth-order valence-corrected chi connectivity index (χ4v) is 1.81. The summed E-state index contributed by atoms with van der Waals surface area (Å²) in [5, 5.41) is 0.271. The number of fused-ring (bicyclic) bond motifs is 1. The smallest absolute Gasteiger partial charge is 0.266 e. The Bertz CT molecular complexity index is 436. The summed E-state index contributed by atoms with van der Waals surface area (Å²) >= 11 is 5.98. The molecule has 2 heterocycles. The second-order valence-corrected chi connectivity index (χ2v) is 3.72. The van der Waals surface area contributed by atoms with Crippen LogP contribution < -0.4 is 9.64 Å². The Kier molecular flexibility index (Phi) is 2.96. The van der Waals surface area contributed by atoms with Gasteiger partial charge in [-0.05, 0) is 6.92 Å². The highest BCUT2D eigenvalue weighted by atomic mass is 35.5. The number of carbonyl (C=O) groups excluding carboxylic acids is 1. The van der Waals surface area contributed by atoms with Crippen molar-refractivity contribution >= 4 is 23.3 Å². The first-order valence-electron chi connectivity index (χ1n) is 5.17. The number of carbonyl (C=O) groups is 1. The Balaban J connectivity index is 2.55. The Morgan fingerprint density at radius 2 is 2.19 bits per heavy atom. The molecule has 0 radical (unpaired) electrons. The lowest BCUT2D eigenvalue weighted by Gasteiger charge is -2.27. The van der Waals surface area contributed by atoms with Gasteiger partial charge in [-0.15, -0.1) is 0 Å². The third kappa shape index (κ3) is 1.71. The first kappa shape index (κ1) is 11.1. The minimum atomic E-state index is -0.105. The average Bonchev–Trinajstić information content (AvgIpc) is 2.28. The van der Waals surface area contributed by atoms with Crippen LogP contribution in [0.2, 0.25) is 5.15 Å². The molecule has 1 aromatic heterocycles. The predicted octanol–water partition coefficient (Wildman–Crippen LogP) is 1.44. The van der Waals surface area contributed by atoms with Gasteiger partial charge in [-0.25, -0.2) is 9.97 Å². The highest BCUT2D eigenvalue weighted by Gasteiger charge is 2.28. The lowest BCUT2D eigenvalue weighted by molar-refractivity contribution is -0.121. The number of halogens is 1. The summed E-state index contributed by atoms with van der Waals surface area (Å²) in [7, 11) is 0. The van der Waals surface area contributed by atoms with E-state index >= 15 is 0 Å². The van der Waals surface area contributed by atoms with Gasteiger partial charge < -0.3 is 4.74 Å². The van der Waals surface area contributed by atoms with Gasteiger partial charge in [0.1, 0.15) is 5.82 Å². The number of ether oxygens (including phenoxy) is 1. The number of amides is 1. The van der Waals surface area contributed by atoms with Gasteiger partial charge in [-0.2, -0.15) is 0 Å². The molecule has 0 saturated carbocycles. The van der Waals surface area contributed by atoms with E-state index in [4.69, 9.17) is 16.3 Å². The molecule has 0 saturated heterocycles. The van der Waals surface area contributed by atoms with Crippen LogP contribution in [-0.2, 0) is 11.2 Å². The first-order chi connectivity index (χ1) is 7.67. The third-order valence-corrected chi connectivity index (χ3v) is 2.64. The molecule has 0 bridgehead atoms. The Labute approximate surface area is 98.4 Å². The second kappa shape index (κ2) is 4.25. The molecule has 0 aromatic carbocycles. The van der Waals surface area contributed by atoms with Crippen LogP contribution in [0.5, 0.6) is 5.75 Å². The van der Waals surface area contributed by atoms with Crippen molar-refractivity contribution in [2.75, 3.05) is 18.1 Å². The van der Waals surface area contributed by atoms with Crippen molar-refractivity contribution in [1.82, 2.24) is 9.97 Å². The van der Waals surface area contributed by atoms with Gasteiger partial charge in [-0.1, -0.05) is 18.5 Å². The zero-order chi connectivity index (χ0) is 11.7. The number of hydrogen-bond acceptors (Lipinski definition) is 4. The molecule has 0 spiro atoms. The van der Waals surface area contributed by atoms with E-state index in [9.17, 15) is 4.79 Å². The molecular formula is C10H12ClN3O2. The third-order valence-electron chi connectivity index (χ3n) is 2.38. The second-order valence-electron chi connectivity index (χ2n) is 3.36.